The summed E-state index contributed by atoms with van der Waals surface area (Å²) in [5.74, 6) is 2.61. The zero-order chi connectivity index (χ0) is 84.8. The normalized spacial score (nSPS) is 12.5. The Morgan fingerprint density at radius 2 is 0.870 bits per heavy atom. The summed E-state index contributed by atoms with van der Waals surface area (Å²) in [5.41, 5.74) is 12.3. The molecule has 0 aliphatic heterocycles. The minimum atomic E-state index is -0.0625. The second-order valence-electron chi connectivity index (χ2n) is 29.7. The van der Waals surface area contributed by atoms with E-state index in [9.17, 15) is 57.5 Å². The van der Waals surface area contributed by atoms with Gasteiger partial charge in [0.1, 0.15) is 52.0 Å². The van der Waals surface area contributed by atoms with Crippen LogP contribution in [0.4, 0.5) is 0 Å². The van der Waals surface area contributed by atoms with Crippen LogP contribution in [0, 0.1) is 17.3 Å². The van der Waals surface area contributed by atoms with Gasteiger partial charge in [-0.25, -0.2) is 0 Å². The summed E-state index contributed by atoms with van der Waals surface area (Å²) in [6, 6.07) is 20.1. The van der Waals surface area contributed by atoms with Gasteiger partial charge in [-0.3, -0.25) is 28.8 Å². The summed E-state index contributed by atoms with van der Waals surface area (Å²) in [4.78, 5) is 125. The summed E-state index contributed by atoms with van der Waals surface area (Å²) in [7, 11) is 0. The molecule has 0 heterocycles. The summed E-state index contributed by atoms with van der Waals surface area (Å²) in [5, 5.41) is 0. The molecule has 108 heavy (non-hydrogen) atoms. The van der Waals surface area contributed by atoms with Gasteiger partial charge in [0.05, 0.1) is 6.42 Å². The number of carbonyl (C=O) groups excluding carboxylic acids is 12. The van der Waals surface area contributed by atoms with Gasteiger partial charge in [0.15, 0.2) is 17.3 Å². The van der Waals surface area contributed by atoms with E-state index in [4.69, 9.17) is 0 Å². The van der Waals surface area contributed by atoms with E-state index in [0.717, 1.165) is 98.5 Å². The lowest BCUT2D eigenvalue weighted by Gasteiger charge is -2.32. The molecule has 0 N–H and O–H groups in total. The smallest absolute Gasteiger partial charge is 0.155 e. The van der Waals surface area contributed by atoms with Crippen LogP contribution in [0.5, 0.6) is 0 Å². The fourth-order valence-electron chi connectivity index (χ4n) is 9.64. The second-order valence-corrected chi connectivity index (χ2v) is 29.7. The van der Waals surface area contributed by atoms with Gasteiger partial charge >= 0.3 is 0 Å². The number of hydrogen-bond acceptors (Lipinski definition) is 12. The molecule has 0 saturated heterocycles. The van der Waals surface area contributed by atoms with E-state index >= 15 is 0 Å². The van der Waals surface area contributed by atoms with Crippen LogP contribution in [0.1, 0.15) is 353 Å². The lowest BCUT2D eigenvalue weighted by atomic mass is 9.72. The number of allylic oxidation sites excluding steroid dienone is 16. The Morgan fingerprint density at radius 3 is 1.19 bits per heavy atom. The lowest BCUT2D eigenvalue weighted by Crippen LogP contribution is -2.19. The van der Waals surface area contributed by atoms with Crippen LogP contribution in [0.3, 0.4) is 0 Å². The molecule has 0 spiro atoms. The molecule has 0 radical (unpaired) electrons. The molecule has 608 valence electrons. The first-order chi connectivity index (χ1) is 50.3. The van der Waals surface area contributed by atoms with Crippen molar-refractivity contribution in [3.05, 3.63) is 165 Å². The maximum Gasteiger partial charge on any atom is 0.155 e. The Bertz CT molecular complexity index is 3160. The van der Waals surface area contributed by atoms with Crippen molar-refractivity contribution in [1.29, 1.82) is 0 Å². The van der Waals surface area contributed by atoms with Gasteiger partial charge < -0.3 is 28.8 Å². The highest BCUT2D eigenvalue weighted by Crippen LogP contribution is 2.41. The minimum absolute atomic E-state index is 0.0625. The number of ketones is 12. The Morgan fingerprint density at radius 1 is 0.463 bits per heavy atom. The molecule has 1 aliphatic carbocycles. The largest absolute Gasteiger partial charge is 0.300 e. The van der Waals surface area contributed by atoms with Crippen molar-refractivity contribution in [2.75, 3.05) is 0 Å². The lowest BCUT2D eigenvalue weighted by molar-refractivity contribution is -0.125. The molecule has 2 aromatic rings. The average Bonchev–Trinajstić information content (AvgIpc) is 0.823. The molecule has 0 bridgehead atoms. The molecule has 3 rings (SSSR count). The third kappa shape index (κ3) is 90.5. The molecule has 12 heteroatoms. The van der Waals surface area contributed by atoms with Crippen molar-refractivity contribution in [3.8, 4) is 0 Å². The molecule has 1 aliphatic rings. The topological polar surface area (TPSA) is 205 Å². The first-order valence-electron chi connectivity index (χ1n) is 39.4. The fraction of sp³-hybridized carbons (Fsp3) is 0.562. The predicted octanol–water partition coefficient (Wildman–Crippen LogP) is 25.7. The Balaban J connectivity index is -0.000000218. The van der Waals surface area contributed by atoms with E-state index in [2.05, 4.69) is 107 Å². The number of carbonyl (C=O) groups is 12. The molecule has 2 aromatic carbocycles. The summed E-state index contributed by atoms with van der Waals surface area (Å²) in [6.07, 6.45) is 42.8. The summed E-state index contributed by atoms with van der Waals surface area (Å²) >= 11 is 0. The predicted molar refractivity (Wildman–Crippen MR) is 461 cm³/mol. The summed E-state index contributed by atoms with van der Waals surface area (Å²) in [6.45, 7) is 52.0. The van der Waals surface area contributed by atoms with Crippen molar-refractivity contribution in [1.82, 2.24) is 0 Å². The third-order valence-electron chi connectivity index (χ3n) is 15.9. The third-order valence-corrected chi connectivity index (χ3v) is 15.9. The fourth-order valence-corrected chi connectivity index (χ4v) is 9.64. The Labute approximate surface area is 659 Å². The highest BCUT2D eigenvalue weighted by molar-refractivity contribution is 5.98. The van der Waals surface area contributed by atoms with Crippen LogP contribution in [-0.4, -0.2) is 69.4 Å². The molecule has 12 nitrogen and oxygen atoms in total. The van der Waals surface area contributed by atoms with Crippen LogP contribution < -0.4 is 0 Å². The zero-order valence-electron chi connectivity index (χ0n) is 73.4. The monoisotopic (exact) mass is 1500 g/mol. The van der Waals surface area contributed by atoms with Crippen molar-refractivity contribution < 1.29 is 57.5 Å². The molecular formula is C96H152O12. The van der Waals surface area contributed by atoms with Gasteiger partial charge in [0, 0.05) is 38.0 Å². The quantitative estimate of drug-likeness (QED) is 0.0208. The number of unbranched alkanes of at least 4 members (excludes halogenated alkanes) is 5. The molecule has 2 atom stereocenters. The van der Waals surface area contributed by atoms with E-state index in [1.807, 2.05) is 113 Å². The zero-order valence-corrected chi connectivity index (χ0v) is 73.4. The van der Waals surface area contributed by atoms with Crippen molar-refractivity contribution in [2.24, 2.45) is 17.3 Å². The standard InChI is InChI=1S/C21H30O.C16H22O.C15H20O.C11H20O.C10H18O.C6H10O2.C5H8O2.C5H10O.C4H8O.C3H6O/c1-16(9-7-10-17(2)15-19(4)22)12-13-20-18(3)11-8-14-21(20,5)6;1-3-4-5-9-12-16(14(2)17)13-15-10-7-6-8-11-15;1-3-4-6-11-15(13(2)16)12-14-9-7-5-8-10-14;1-9(2)6-5-7-10(3)8-11(4)12;1-8(2)6-5-7-9(3)10(4)11;1-5(7)3-4-6(2)8;1-4(6)3-5(2)7;1-3-4-5(2)6;1-3-4(2)5;1-3(2)4/h7,9-10,12-13,15H,8,11,14H2,1-6H3;6-8,10-11,13H,3-5,9,12H2,1-2H3;5,7-10,12H,3-4,6,11H2,1-2H3;6,10H,5,7-8H2,1-4H3;6,9H,5,7H2,1-4H3;3-4H2,1-2H3;3H2,1-2H3;3-4H2,1-2H3;3H2,1-2H3;1-2H3/b10-7+,13-12+,16-9+,17-15+;16-13+;15-12+;;;;;;;. The second kappa shape index (κ2) is 74.6. The van der Waals surface area contributed by atoms with Crippen LogP contribution in [-0.2, 0) is 57.5 Å². The van der Waals surface area contributed by atoms with E-state index in [0.29, 0.717) is 36.7 Å². The molecule has 2 unspecified atom stereocenters. The van der Waals surface area contributed by atoms with Gasteiger partial charge in [0.25, 0.3) is 0 Å². The Kier molecular flexibility index (Phi) is 78.4. The maximum absolute atomic E-state index is 11.5. The van der Waals surface area contributed by atoms with E-state index in [1.54, 1.807) is 54.5 Å². The van der Waals surface area contributed by atoms with Crippen molar-refractivity contribution in [3.63, 3.8) is 0 Å². The molecule has 0 saturated carbocycles. The number of rotatable bonds is 35. The van der Waals surface area contributed by atoms with E-state index < -0.39 is 0 Å². The molecule has 0 aromatic heterocycles. The molecule has 0 amide bonds. The van der Waals surface area contributed by atoms with Gasteiger partial charge in [-0.15, -0.1) is 0 Å². The summed E-state index contributed by atoms with van der Waals surface area (Å²) < 4.78 is 0. The maximum atomic E-state index is 11.5. The SMILES string of the molecule is CC(=O)/C=C(C)/C=C/C=C(C)/C=C/C1=C(C)CCCC1(C)C.CC(=O)C(C)CCC=C(C)C.CC(=O)CC(C)=O.CC(=O)CC(C)CCC=C(C)C.CC(=O)CCC(C)=O.CC(C)=O.CCC(C)=O.CCCC(C)=O.CCCCC/C(=C\c1ccccc1)C(C)=O.CCCCCC/C(=C\c1ccccc1)C(C)=O. The molecular weight excluding hydrogens is 1350 g/mol. The van der Waals surface area contributed by atoms with Crippen LogP contribution in [0.2, 0.25) is 0 Å². The van der Waals surface area contributed by atoms with Gasteiger partial charge in [-0.05, 0) is 279 Å². The highest BCUT2D eigenvalue weighted by atomic mass is 16.2. The number of Topliss-reactive ketones (excluding diaryl/α,β-unsaturated/α-hetero) is 11. The first-order valence-corrected chi connectivity index (χ1v) is 39.4. The minimum Gasteiger partial charge on any atom is -0.300 e. The van der Waals surface area contributed by atoms with Crippen molar-refractivity contribution >= 4 is 81.6 Å². The van der Waals surface area contributed by atoms with Crippen LogP contribution in [0.25, 0.3) is 12.2 Å². The Hall–Kier alpha value is -7.86. The van der Waals surface area contributed by atoms with Gasteiger partial charge in [0.2, 0.25) is 0 Å². The van der Waals surface area contributed by atoms with Crippen LogP contribution in [0.15, 0.2) is 154 Å². The molecule has 0 fully saturated rings. The van der Waals surface area contributed by atoms with Gasteiger partial charge in [-0.1, -0.05) is 213 Å². The van der Waals surface area contributed by atoms with Crippen molar-refractivity contribution in [2.45, 2.75) is 342 Å². The van der Waals surface area contributed by atoms with E-state index in [1.165, 1.54) is 121 Å². The average molecular weight is 1500 g/mol. The first kappa shape index (κ1) is 113. The van der Waals surface area contributed by atoms with E-state index in [-0.39, 0.29) is 75.6 Å². The van der Waals surface area contributed by atoms with Crippen LogP contribution >= 0.6 is 0 Å². The number of benzene rings is 2. The number of hydrogen-bond donors (Lipinski definition) is 0. The van der Waals surface area contributed by atoms with Gasteiger partial charge in [-0.2, -0.15) is 0 Å². The highest BCUT2D eigenvalue weighted by Gasteiger charge is 2.26.